The second-order valence-corrected chi connectivity index (χ2v) is 5.18. The summed E-state index contributed by atoms with van der Waals surface area (Å²) in [6, 6.07) is 11.4. The van der Waals surface area contributed by atoms with E-state index in [9.17, 15) is 9.18 Å². The third-order valence-corrected chi connectivity index (χ3v) is 3.67. The number of carbonyl (C=O) groups is 1. The van der Waals surface area contributed by atoms with Crippen LogP contribution in [-0.4, -0.2) is 12.0 Å². The lowest BCUT2D eigenvalue weighted by atomic mass is 9.93. The predicted molar refractivity (Wildman–Crippen MR) is 76.3 cm³/mol. The number of hydrogen-bond acceptors (Lipinski definition) is 3. The van der Waals surface area contributed by atoms with Gasteiger partial charge in [0.15, 0.2) is 11.5 Å². The van der Waals surface area contributed by atoms with E-state index in [1.165, 1.54) is 12.1 Å². The van der Waals surface area contributed by atoms with E-state index in [1.54, 1.807) is 18.2 Å². The average Bonchev–Trinajstić information content (AvgIpc) is 2.92. The van der Waals surface area contributed by atoms with Crippen LogP contribution in [0.15, 0.2) is 42.5 Å². The lowest BCUT2D eigenvalue weighted by molar-refractivity contribution is -0.113. The number of carbonyl (C=O) groups excluding carboxylic acids is 1. The third-order valence-electron chi connectivity index (χ3n) is 3.40. The largest absolute Gasteiger partial charge is 0.454 e. The van der Waals surface area contributed by atoms with Crippen LogP contribution >= 0.6 is 11.6 Å². The minimum absolute atomic E-state index is 0.195. The molecule has 0 aliphatic carbocycles. The number of rotatable bonds is 4. The molecule has 21 heavy (non-hydrogen) atoms. The Balaban J connectivity index is 1.87. The van der Waals surface area contributed by atoms with Crippen LogP contribution in [0.1, 0.15) is 17.0 Å². The maximum Gasteiger partial charge on any atom is 0.231 e. The number of halogens is 2. The van der Waals surface area contributed by atoms with Crippen LogP contribution in [0.4, 0.5) is 4.39 Å². The molecule has 0 spiro atoms. The maximum absolute atomic E-state index is 13.3. The van der Waals surface area contributed by atoms with Gasteiger partial charge in [0.25, 0.3) is 0 Å². The first-order chi connectivity index (χ1) is 10.1. The molecule has 5 heteroatoms. The zero-order valence-electron chi connectivity index (χ0n) is 11.0. The van der Waals surface area contributed by atoms with Crippen LogP contribution in [0.25, 0.3) is 0 Å². The Morgan fingerprint density at radius 3 is 2.76 bits per heavy atom. The maximum atomic E-state index is 13.3. The Bertz CT molecular complexity index is 687. The number of fused-ring (bicyclic) bond motifs is 1. The van der Waals surface area contributed by atoms with Gasteiger partial charge in [0.1, 0.15) is 5.82 Å². The van der Waals surface area contributed by atoms with Crippen molar-refractivity contribution in [2.45, 2.75) is 12.3 Å². The highest BCUT2D eigenvalue weighted by Crippen LogP contribution is 2.34. The fourth-order valence-electron chi connectivity index (χ4n) is 2.36. The summed E-state index contributed by atoms with van der Waals surface area (Å²) in [5.41, 5.74) is 1.44. The Morgan fingerprint density at radius 1 is 1.19 bits per heavy atom. The fourth-order valence-corrected chi connectivity index (χ4v) is 2.56. The first kappa shape index (κ1) is 13.9. The molecule has 0 radical (unpaired) electrons. The summed E-state index contributed by atoms with van der Waals surface area (Å²) in [4.78, 5) is 11.7. The molecule has 0 amide bonds. The summed E-state index contributed by atoms with van der Waals surface area (Å²) in [7, 11) is 0. The topological polar surface area (TPSA) is 35.5 Å². The van der Waals surface area contributed by atoms with Gasteiger partial charge in [-0.3, -0.25) is 4.79 Å². The molecule has 2 aromatic rings. The quantitative estimate of drug-likeness (QED) is 0.809. The van der Waals surface area contributed by atoms with Crippen molar-refractivity contribution in [2.75, 3.05) is 6.79 Å². The van der Waals surface area contributed by atoms with E-state index in [0.29, 0.717) is 23.5 Å². The summed E-state index contributed by atoms with van der Waals surface area (Å²) < 4.78 is 23.9. The molecule has 1 aliphatic rings. The zero-order valence-corrected chi connectivity index (χ0v) is 11.8. The minimum atomic E-state index is -0.595. The third kappa shape index (κ3) is 3.00. The van der Waals surface area contributed by atoms with E-state index in [2.05, 4.69) is 0 Å². The standard InChI is InChI=1S/C16H12ClFO3/c17-16(19)13(11-2-1-3-12(18)8-11)6-10-4-5-14-15(7-10)21-9-20-14/h1-5,7-8,13H,6,9H2. The lowest BCUT2D eigenvalue weighted by Gasteiger charge is -2.13. The predicted octanol–water partition coefficient (Wildman–Crippen LogP) is 3.65. The molecule has 1 unspecified atom stereocenters. The van der Waals surface area contributed by atoms with Crippen LogP contribution in [0, 0.1) is 5.82 Å². The summed E-state index contributed by atoms with van der Waals surface area (Å²) in [5.74, 6) is 0.342. The highest BCUT2D eigenvalue weighted by atomic mass is 35.5. The minimum Gasteiger partial charge on any atom is -0.454 e. The summed E-state index contributed by atoms with van der Waals surface area (Å²) in [6.45, 7) is 0.195. The van der Waals surface area contributed by atoms with E-state index in [4.69, 9.17) is 21.1 Å². The first-order valence-corrected chi connectivity index (χ1v) is 6.84. The van der Waals surface area contributed by atoms with Gasteiger partial charge in [-0.1, -0.05) is 18.2 Å². The molecule has 0 bridgehead atoms. The number of hydrogen-bond donors (Lipinski definition) is 0. The molecule has 3 rings (SSSR count). The van der Waals surface area contributed by atoms with Gasteiger partial charge in [-0.25, -0.2) is 4.39 Å². The van der Waals surface area contributed by atoms with Gasteiger partial charge in [0.05, 0.1) is 5.92 Å². The van der Waals surface area contributed by atoms with Crippen LogP contribution in [-0.2, 0) is 11.2 Å². The highest BCUT2D eigenvalue weighted by Gasteiger charge is 2.21. The van der Waals surface area contributed by atoms with Crippen molar-refractivity contribution in [1.29, 1.82) is 0 Å². The smallest absolute Gasteiger partial charge is 0.231 e. The second kappa shape index (κ2) is 5.74. The van der Waals surface area contributed by atoms with Crippen LogP contribution in [0.2, 0.25) is 0 Å². The Kier molecular flexibility index (Phi) is 3.80. The Labute approximate surface area is 126 Å². The molecule has 0 saturated heterocycles. The molecular formula is C16H12ClFO3. The van der Waals surface area contributed by atoms with Gasteiger partial charge in [0, 0.05) is 0 Å². The van der Waals surface area contributed by atoms with Gasteiger partial charge in [-0.2, -0.15) is 0 Å². The molecular weight excluding hydrogens is 295 g/mol. The van der Waals surface area contributed by atoms with Gasteiger partial charge >= 0.3 is 0 Å². The monoisotopic (exact) mass is 306 g/mol. The van der Waals surface area contributed by atoms with Crippen molar-refractivity contribution in [1.82, 2.24) is 0 Å². The summed E-state index contributed by atoms with van der Waals surface area (Å²) in [5, 5.41) is -0.515. The van der Waals surface area contributed by atoms with Crippen molar-refractivity contribution in [3.8, 4) is 11.5 Å². The van der Waals surface area contributed by atoms with E-state index < -0.39 is 11.2 Å². The molecule has 0 saturated carbocycles. The fraction of sp³-hybridized carbons (Fsp3) is 0.188. The van der Waals surface area contributed by atoms with Crippen LogP contribution in [0.5, 0.6) is 11.5 Å². The van der Waals surface area contributed by atoms with Gasteiger partial charge < -0.3 is 9.47 Å². The van der Waals surface area contributed by atoms with Crippen LogP contribution < -0.4 is 9.47 Å². The zero-order chi connectivity index (χ0) is 14.8. The number of ether oxygens (including phenoxy) is 2. The molecule has 0 aromatic heterocycles. The van der Waals surface area contributed by atoms with Crippen molar-refractivity contribution in [2.24, 2.45) is 0 Å². The van der Waals surface area contributed by atoms with Crippen molar-refractivity contribution in [3.63, 3.8) is 0 Å². The van der Waals surface area contributed by atoms with Gasteiger partial charge in [0.2, 0.25) is 12.0 Å². The number of benzene rings is 2. The lowest BCUT2D eigenvalue weighted by Crippen LogP contribution is -2.10. The van der Waals surface area contributed by atoms with Crippen molar-refractivity contribution >= 4 is 16.8 Å². The van der Waals surface area contributed by atoms with E-state index in [0.717, 1.165) is 5.56 Å². The van der Waals surface area contributed by atoms with Crippen molar-refractivity contribution in [3.05, 3.63) is 59.4 Å². The van der Waals surface area contributed by atoms with Crippen molar-refractivity contribution < 1.29 is 18.7 Å². The molecule has 108 valence electrons. The summed E-state index contributed by atoms with van der Waals surface area (Å²) >= 11 is 5.68. The SMILES string of the molecule is O=C(Cl)C(Cc1ccc2c(c1)OCO2)c1cccc(F)c1. The average molecular weight is 307 g/mol. The van der Waals surface area contributed by atoms with E-state index in [1.807, 2.05) is 12.1 Å². The van der Waals surface area contributed by atoms with E-state index in [-0.39, 0.29) is 12.6 Å². The second-order valence-electron chi connectivity index (χ2n) is 4.80. The molecule has 1 heterocycles. The highest BCUT2D eigenvalue weighted by molar-refractivity contribution is 6.64. The molecule has 0 fully saturated rings. The molecule has 1 atom stereocenters. The Hall–Kier alpha value is -2.07. The first-order valence-electron chi connectivity index (χ1n) is 6.47. The Morgan fingerprint density at radius 2 is 2.00 bits per heavy atom. The van der Waals surface area contributed by atoms with Crippen LogP contribution in [0.3, 0.4) is 0 Å². The summed E-state index contributed by atoms with van der Waals surface area (Å²) in [6.07, 6.45) is 0.377. The van der Waals surface area contributed by atoms with E-state index >= 15 is 0 Å². The normalized spacial score (nSPS) is 14.0. The molecule has 3 nitrogen and oxygen atoms in total. The molecule has 1 aliphatic heterocycles. The molecule has 2 aromatic carbocycles. The van der Waals surface area contributed by atoms with Gasteiger partial charge in [-0.05, 0) is 53.4 Å². The molecule has 0 N–H and O–H groups in total. The van der Waals surface area contributed by atoms with Gasteiger partial charge in [-0.15, -0.1) is 0 Å².